The van der Waals surface area contributed by atoms with E-state index >= 15 is 0 Å². The van der Waals surface area contributed by atoms with Gasteiger partial charge in [0.15, 0.2) is 0 Å². The lowest BCUT2D eigenvalue weighted by Gasteiger charge is -2.30. The van der Waals surface area contributed by atoms with Crippen LogP contribution in [0.2, 0.25) is 0 Å². The van der Waals surface area contributed by atoms with Crippen LogP contribution in [0.5, 0.6) is 0 Å². The lowest BCUT2D eigenvalue weighted by Crippen LogP contribution is -2.39. The van der Waals surface area contributed by atoms with Crippen LogP contribution in [0.15, 0.2) is 89.7 Å². The van der Waals surface area contributed by atoms with Crippen LogP contribution in [-0.2, 0) is 19.5 Å². The van der Waals surface area contributed by atoms with Crippen LogP contribution >= 0.6 is 0 Å². The molecule has 4 aromatic rings. The molecule has 0 aliphatic carbocycles. The van der Waals surface area contributed by atoms with Crippen molar-refractivity contribution in [3.63, 3.8) is 0 Å². The topological polar surface area (TPSA) is 81.3 Å². The molecule has 0 spiro atoms. The zero-order valence-electron chi connectivity index (χ0n) is 19.5. The molecule has 0 amide bonds. The molecule has 1 aliphatic rings. The zero-order valence-corrected chi connectivity index (χ0v) is 19.5. The molecule has 1 aromatic heterocycles. The van der Waals surface area contributed by atoms with Crippen LogP contribution in [0.4, 0.5) is 5.69 Å². The largest absolute Gasteiger partial charge is 0.293 e. The Morgan fingerprint density at radius 2 is 1.54 bits per heavy atom. The van der Waals surface area contributed by atoms with E-state index in [0.717, 1.165) is 34.5 Å². The van der Waals surface area contributed by atoms with Crippen molar-refractivity contribution in [3.8, 4) is 0 Å². The summed E-state index contributed by atoms with van der Waals surface area (Å²) in [6.45, 7) is 3.85. The van der Waals surface area contributed by atoms with Gasteiger partial charge in [0.25, 0.3) is 11.2 Å². The van der Waals surface area contributed by atoms with Crippen LogP contribution in [0.3, 0.4) is 0 Å². The SMILES string of the molecule is Cc1nc2c(c(=O)n1C(c1ccccc1)c1ccccc1)CCN(Cc1ccc([N+](=O)[O-])cc1)C2. The first-order valence-electron chi connectivity index (χ1n) is 11.7. The number of fused-ring (bicyclic) bond motifs is 1. The average molecular weight is 467 g/mol. The van der Waals surface area contributed by atoms with Gasteiger partial charge in [0.05, 0.1) is 16.7 Å². The molecule has 5 rings (SSSR count). The quantitative estimate of drug-likeness (QED) is 0.305. The number of nitro groups is 1. The molecule has 0 atom stereocenters. The Kier molecular flexibility index (Phi) is 6.25. The van der Waals surface area contributed by atoms with Crippen LogP contribution in [0.25, 0.3) is 0 Å². The van der Waals surface area contributed by atoms with E-state index in [-0.39, 0.29) is 17.3 Å². The van der Waals surface area contributed by atoms with E-state index < -0.39 is 4.92 Å². The van der Waals surface area contributed by atoms with Gasteiger partial charge in [-0.15, -0.1) is 0 Å². The van der Waals surface area contributed by atoms with Crippen LogP contribution in [0.1, 0.15) is 39.8 Å². The number of aromatic nitrogens is 2. The van der Waals surface area contributed by atoms with Crippen molar-refractivity contribution in [2.24, 2.45) is 0 Å². The normalized spacial score (nSPS) is 13.5. The Morgan fingerprint density at radius 3 is 2.11 bits per heavy atom. The van der Waals surface area contributed by atoms with Gasteiger partial charge >= 0.3 is 0 Å². The van der Waals surface area contributed by atoms with Crippen molar-refractivity contribution in [1.82, 2.24) is 14.5 Å². The van der Waals surface area contributed by atoms with Crippen molar-refractivity contribution < 1.29 is 4.92 Å². The highest BCUT2D eigenvalue weighted by atomic mass is 16.6. The van der Waals surface area contributed by atoms with E-state index in [1.165, 1.54) is 12.1 Å². The Bertz CT molecular complexity index is 1360. The molecule has 7 nitrogen and oxygen atoms in total. The third kappa shape index (κ3) is 4.63. The fourth-order valence-electron chi connectivity index (χ4n) is 4.86. The Hall–Kier alpha value is -4.10. The summed E-state index contributed by atoms with van der Waals surface area (Å²) in [4.78, 5) is 31.5. The molecular weight excluding hydrogens is 440 g/mol. The number of benzene rings is 3. The third-order valence-corrected chi connectivity index (χ3v) is 6.56. The van der Waals surface area contributed by atoms with Gasteiger partial charge in [-0.25, -0.2) is 4.98 Å². The lowest BCUT2D eigenvalue weighted by molar-refractivity contribution is -0.384. The predicted molar refractivity (Wildman–Crippen MR) is 134 cm³/mol. The highest BCUT2D eigenvalue weighted by Crippen LogP contribution is 2.27. The van der Waals surface area contributed by atoms with Gasteiger partial charge in [-0.3, -0.25) is 24.4 Å². The van der Waals surface area contributed by atoms with E-state index in [2.05, 4.69) is 29.2 Å². The highest BCUT2D eigenvalue weighted by molar-refractivity contribution is 5.35. The van der Waals surface area contributed by atoms with Gasteiger partial charge < -0.3 is 0 Å². The summed E-state index contributed by atoms with van der Waals surface area (Å²) in [6.07, 6.45) is 0.616. The lowest BCUT2D eigenvalue weighted by atomic mass is 9.97. The second-order valence-electron chi connectivity index (χ2n) is 8.87. The standard InChI is InChI=1S/C28H26N4O3/c1-20-29-26-19-30(18-21-12-14-24(15-13-21)32(34)35)17-16-25(26)28(33)31(20)27(22-8-4-2-5-9-22)23-10-6-3-7-11-23/h2-15,27H,16-19H2,1H3. The first-order chi connectivity index (χ1) is 17.0. The molecule has 35 heavy (non-hydrogen) atoms. The fraction of sp³-hybridized carbons (Fsp3) is 0.214. The van der Waals surface area contributed by atoms with Crippen molar-refractivity contribution >= 4 is 5.69 Å². The van der Waals surface area contributed by atoms with Crippen molar-refractivity contribution in [2.45, 2.75) is 32.5 Å². The summed E-state index contributed by atoms with van der Waals surface area (Å²) < 4.78 is 1.83. The smallest absolute Gasteiger partial charge is 0.269 e. The van der Waals surface area contributed by atoms with Gasteiger partial charge in [0.2, 0.25) is 0 Å². The molecule has 0 radical (unpaired) electrons. The second-order valence-corrected chi connectivity index (χ2v) is 8.87. The van der Waals surface area contributed by atoms with Gasteiger partial charge in [-0.05, 0) is 30.0 Å². The summed E-state index contributed by atoms with van der Waals surface area (Å²) in [7, 11) is 0. The first kappa shape index (κ1) is 22.7. The molecule has 0 saturated carbocycles. The Balaban J connectivity index is 1.47. The molecule has 0 unspecified atom stereocenters. The summed E-state index contributed by atoms with van der Waals surface area (Å²) in [5, 5.41) is 10.9. The number of aryl methyl sites for hydroxylation is 1. The predicted octanol–water partition coefficient (Wildman–Crippen LogP) is 4.66. The number of nitro benzene ring substituents is 1. The van der Waals surface area contributed by atoms with E-state index in [9.17, 15) is 14.9 Å². The van der Waals surface area contributed by atoms with Crippen molar-refractivity contribution in [1.29, 1.82) is 0 Å². The monoisotopic (exact) mass is 466 g/mol. The third-order valence-electron chi connectivity index (χ3n) is 6.56. The van der Waals surface area contributed by atoms with Gasteiger partial charge in [0, 0.05) is 37.3 Å². The molecule has 0 bridgehead atoms. The maximum Gasteiger partial charge on any atom is 0.269 e. The highest BCUT2D eigenvalue weighted by Gasteiger charge is 2.26. The van der Waals surface area contributed by atoms with Crippen LogP contribution in [-0.4, -0.2) is 25.9 Å². The minimum atomic E-state index is -0.392. The fourth-order valence-corrected chi connectivity index (χ4v) is 4.86. The van der Waals surface area contributed by atoms with Gasteiger partial charge in [-0.1, -0.05) is 72.8 Å². The van der Waals surface area contributed by atoms with E-state index in [1.54, 1.807) is 12.1 Å². The molecule has 176 valence electrons. The van der Waals surface area contributed by atoms with E-state index in [4.69, 9.17) is 4.98 Å². The van der Waals surface area contributed by atoms with Crippen LogP contribution in [0, 0.1) is 17.0 Å². The zero-order chi connectivity index (χ0) is 24.4. The molecule has 1 aliphatic heterocycles. The minimum Gasteiger partial charge on any atom is -0.293 e. The van der Waals surface area contributed by atoms with Crippen molar-refractivity contribution in [3.05, 3.63) is 139 Å². The first-order valence-corrected chi connectivity index (χ1v) is 11.7. The van der Waals surface area contributed by atoms with Crippen molar-refractivity contribution in [2.75, 3.05) is 6.54 Å². The number of non-ortho nitro benzene ring substituents is 1. The number of hydrogen-bond donors (Lipinski definition) is 0. The molecule has 0 fully saturated rings. The molecule has 3 aromatic carbocycles. The molecule has 7 heteroatoms. The maximum absolute atomic E-state index is 13.8. The van der Waals surface area contributed by atoms with Gasteiger partial charge in [0.1, 0.15) is 5.82 Å². The molecule has 2 heterocycles. The minimum absolute atomic E-state index is 0.0141. The van der Waals surface area contributed by atoms with Crippen LogP contribution < -0.4 is 5.56 Å². The molecule has 0 N–H and O–H groups in total. The number of nitrogens with zero attached hydrogens (tertiary/aromatic N) is 4. The maximum atomic E-state index is 13.8. The molecular formula is C28H26N4O3. The Labute approximate surface area is 203 Å². The molecule has 0 saturated heterocycles. The summed E-state index contributed by atoms with van der Waals surface area (Å²) >= 11 is 0. The number of rotatable bonds is 6. The van der Waals surface area contributed by atoms with Gasteiger partial charge in [-0.2, -0.15) is 0 Å². The van der Waals surface area contributed by atoms with E-state index in [1.807, 2.05) is 47.9 Å². The average Bonchev–Trinajstić information content (AvgIpc) is 2.88. The summed E-state index contributed by atoms with van der Waals surface area (Å²) in [5.74, 6) is 0.684. The summed E-state index contributed by atoms with van der Waals surface area (Å²) in [5.41, 5.74) is 4.77. The Morgan fingerprint density at radius 1 is 0.943 bits per heavy atom. The van der Waals surface area contributed by atoms with E-state index in [0.29, 0.717) is 25.3 Å². The number of hydrogen-bond acceptors (Lipinski definition) is 5. The summed E-state index contributed by atoms with van der Waals surface area (Å²) in [6, 6.07) is 26.5. The second kappa shape index (κ2) is 9.64.